The number of carbonyl (C=O) groups excluding carboxylic acids is 1. The number of ether oxygens (including phenoxy) is 1. The van der Waals surface area contributed by atoms with Crippen LogP contribution in [0.25, 0.3) is 0 Å². The van der Waals surface area contributed by atoms with Gasteiger partial charge < -0.3 is 10.1 Å². The van der Waals surface area contributed by atoms with Gasteiger partial charge in [-0.15, -0.1) is 11.3 Å². The van der Waals surface area contributed by atoms with Crippen LogP contribution in [0.4, 0.5) is 0 Å². The summed E-state index contributed by atoms with van der Waals surface area (Å²) >= 11 is 10.8. The fraction of sp³-hybridized carbons (Fsp3) is 0.214. The standard InChI is InChI=1S/C14H13BrClNO2S/c1-9(14(18)17-8-11-3-2-6-20-11)19-13-5-4-10(16)7-12(13)15/h2-7,9H,8H2,1H3,(H,17,18). The molecule has 1 amide bonds. The van der Waals surface area contributed by atoms with E-state index in [1.54, 1.807) is 36.5 Å². The van der Waals surface area contributed by atoms with Crippen molar-refractivity contribution in [3.8, 4) is 5.75 Å². The molecule has 3 nitrogen and oxygen atoms in total. The molecule has 1 atom stereocenters. The monoisotopic (exact) mass is 373 g/mol. The van der Waals surface area contributed by atoms with E-state index in [1.165, 1.54) is 0 Å². The van der Waals surface area contributed by atoms with Crippen LogP contribution in [0.3, 0.4) is 0 Å². The molecule has 1 N–H and O–H groups in total. The largest absolute Gasteiger partial charge is 0.480 e. The first-order valence-corrected chi connectivity index (χ1v) is 8.03. The van der Waals surface area contributed by atoms with Gasteiger partial charge in [0.25, 0.3) is 5.91 Å². The maximum Gasteiger partial charge on any atom is 0.261 e. The molecule has 6 heteroatoms. The zero-order chi connectivity index (χ0) is 14.5. The van der Waals surface area contributed by atoms with E-state index in [0.29, 0.717) is 17.3 Å². The van der Waals surface area contributed by atoms with Crippen molar-refractivity contribution in [3.05, 3.63) is 50.1 Å². The third kappa shape index (κ3) is 4.23. The summed E-state index contributed by atoms with van der Waals surface area (Å²) in [5, 5.41) is 5.43. The number of amides is 1. The molecule has 1 aromatic carbocycles. The molecule has 0 bridgehead atoms. The Morgan fingerprint density at radius 3 is 2.95 bits per heavy atom. The summed E-state index contributed by atoms with van der Waals surface area (Å²) in [7, 11) is 0. The number of carbonyl (C=O) groups is 1. The van der Waals surface area contributed by atoms with Gasteiger partial charge in [-0.05, 0) is 52.5 Å². The molecule has 0 aliphatic heterocycles. The lowest BCUT2D eigenvalue weighted by atomic mass is 10.3. The third-order valence-electron chi connectivity index (χ3n) is 2.58. The number of rotatable bonds is 5. The van der Waals surface area contributed by atoms with Crippen molar-refractivity contribution in [1.29, 1.82) is 0 Å². The highest BCUT2D eigenvalue weighted by atomic mass is 79.9. The van der Waals surface area contributed by atoms with E-state index in [9.17, 15) is 4.79 Å². The van der Waals surface area contributed by atoms with Crippen molar-refractivity contribution in [2.45, 2.75) is 19.6 Å². The highest BCUT2D eigenvalue weighted by molar-refractivity contribution is 9.10. The molecule has 0 aliphatic rings. The Labute approximate surface area is 135 Å². The van der Waals surface area contributed by atoms with Gasteiger partial charge in [0, 0.05) is 9.90 Å². The van der Waals surface area contributed by atoms with Crippen molar-refractivity contribution in [2.24, 2.45) is 0 Å². The molecule has 0 aliphatic carbocycles. The van der Waals surface area contributed by atoms with Crippen LogP contribution < -0.4 is 10.1 Å². The molecule has 0 fully saturated rings. The van der Waals surface area contributed by atoms with Crippen LogP contribution in [0.2, 0.25) is 5.02 Å². The van der Waals surface area contributed by atoms with Crippen LogP contribution in [-0.2, 0) is 11.3 Å². The minimum absolute atomic E-state index is 0.153. The van der Waals surface area contributed by atoms with Gasteiger partial charge in [0.2, 0.25) is 0 Å². The summed E-state index contributed by atoms with van der Waals surface area (Å²) in [4.78, 5) is 13.1. The molecular weight excluding hydrogens is 362 g/mol. The Morgan fingerprint density at radius 1 is 1.50 bits per heavy atom. The summed E-state index contributed by atoms with van der Waals surface area (Å²) in [5.41, 5.74) is 0. The third-order valence-corrected chi connectivity index (χ3v) is 4.32. The fourth-order valence-electron chi connectivity index (χ4n) is 1.55. The smallest absolute Gasteiger partial charge is 0.261 e. The summed E-state index contributed by atoms with van der Waals surface area (Å²) in [5.74, 6) is 0.438. The molecule has 0 saturated carbocycles. The topological polar surface area (TPSA) is 38.3 Å². The fourth-order valence-corrected chi connectivity index (χ4v) is 2.97. The van der Waals surface area contributed by atoms with Crippen LogP contribution >= 0.6 is 38.9 Å². The van der Waals surface area contributed by atoms with Gasteiger partial charge in [0.1, 0.15) is 5.75 Å². The number of hydrogen-bond acceptors (Lipinski definition) is 3. The molecule has 2 rings (SSSR count). The molecule has 2 aromatic rings. The Kier molecular flexibility index (Phi) is 5.46. The van der Waals surface area contributed by atoms with E-state index < -0.39 is 6.10 Å². The van der Waals surface area contributed by atoms with Gasteiger partial charge in [-0.3, -0.25) is 4.79 Å². The van der Waals surface area contributed by atoms with Crippen LogP contribution in [0.5, 0.6) is 5.75 Å². The Balaban J connectivity index is 1.90. The SMILES string of the molecule is CC(Oc1ccc(Cl)cc1Br)C(=O)NCc1cccs1. The molecule has 1 unspecified atom stereocenters. The van der Waals surface area contributed by atoms with Crippen molar-refractivity contribution >= 4 is 44.8 Å². The highest BCUT2D eigenvalue weighted by Crippen LogP contribution is 2.28. The Bertz CT molecular complexity index is 589. The van der Waals surface area contributed by atoms with Crippen molar-refractivity contribution in [1.82, 2.24) is 5.32 Å². The Hall–Kier alpha value is -1.04. The Morgan fingerprint density at radius 2 is 2.30 bits per heavy atom. The van der Waals surface area contributed by atoms with Gasteiger partial charge in [0.05, 0.1) is 11.0 Å². The quantitative estimate of drug-likeness (QED) is 0.850. The normalized spacial score (nSPS) is 11.9. The average Bonchev–Trinajstić information content (AvgIpc) is 2.92. The van der Waals surface area contributed by atoms with E-state index >= 15 is 0 Å². The zero-order valence-electron chi connectivity index (χ0n) is 10.7. The van der Waals surface area contributed by atoms with E-state index in [-0.39, 0.29) is 5.91 Å². The maximum atomic E-state index is 11.9. The summed E-state index contributed by atoms with van der Waals surface area (Å²) in [6.07, 6.45) is -0.576. The number of nitrogens with one attached hydrogen (secondary N) is 1. The molecule has 106 valence electrons. The van der Waals surface area contributed by atoms with E-state index in [1.807, 2.05) is 17.5 Å². The minimum Gasteiger partial charge on any atom is -0.480 e. The second-order valence-corrected chi connectivity index (χ2v) is 6.46. The zero-order valence-corrected chi connectivity index (χ0v) is 13.9. The molecule has 1 heterocycles. The van der Waals surface area contributed by atoms with Gasteiger partial charge >= 0.3 is 0 Å². The molecule has 20 heavy (non-hydrogen) atoms. The molecule has 0 radical (unpaired) electrons. The average molecular weight is 375 g/mol. The van der Waals surface area contributed by atoms with Gasteiger partial charge in [0.15, 0.2) is 6.10 Å². The van der Waals surface area contributed by atoms with Crippen LogP contribution in [0.15, 0.2) is 40.2 Å². The first kappa shape index (κ1) is 15.4. The lowest BCUT2D eigenvalue weighted by Crippen LogP contribution is -2.35. The first-order valence-electron chi connectivity index (χ1n) is 5.98. The summed E-state index contributed by atoms with van der Waals surface area (Å²) in [6.45, 7) is 2.23. The summed E-state index contributed by atoms with van der Waals surface area (Å²) in [6, 6.07) is 9.11. The van der Waals surface area contributed by atoms with Crippen molar-refractivity contribution < 1.29 is 9.53 Å². The number of benzene rings is 1. The maximum absolute atomic E-state index is 11.9. The van der Waals surface area contributed by atoms with Crippen LogP contribution in [0, 0.1) is 0 Å². The number of hydrogen-bond donors (Lipinski definition) is 1. The summed E-state index contributed by atoms with van der Waals surface area (Å²) < 4.78 is 6.34. The lowest BCUT2D eigenvalue weighted by molar-refractivity contribution is -0.127. The molecule has 0 spiro atoms. The number of thiophene rings is 1. The first-order chi connectivity index (χ1) is 9.56. The van der Waals surface area contributed by atoms with Gasteiger partial charge in [-0.2, -0.15) is 0 Å². The van der Waals surface area contributed by atoms with Crippen molar-refractivity contribution in [2.75, 3.05) is 0 Å². The lowest BCUT2D eigenvalue weighted by Gasteiger charge is -2.15. The van der Waals surface area contributed by atoms with E-state index in [4.69, 9.17) is 16.3 Å². The second-order valence-electron chi connectivity index (χ2n) is 4.13. The van der Waals surface area contributed by atoms with Gasteiger partial charge in [-0.1, -0.05) is 17.7 Å². The van der Waals surface area contributed by atoms with E-state index in [2.05, 4.69) is 21.2 Å². The van der Waals surface area contributed by atoms with Crippen LogP contribution in [0.1, 0.15) is 11.8 Å². The second kappa shape index (κ2) is 7.11. The molecule has 1 aromatic heterocycles. The molecular formula is C14H13BrClNO2S. The molecule has 0 saturated heterocycles. The van der Waals surface area contributed by atoms with Gasteiger partial charge in [-0.25, -0.2) is 0 Å². The number of halogens is 2. The van der Waals surface area contributed by atoms with E-state index in [0.717, 1.165) is 9.35 Å². The predicted molar refractivity (Wildman–Crippen MR) is 85.4 cm³/mol. The predicted octanol–water partition coefficient (Wildman–Crippen LogP) is 4.25. The minimum atomic E-state index is -0.576. The highest BCUT2D eigenvalue weighted by Gasteiger charge is 2.15. The van der Waals surface area contributed by atoms with Crippen LogP contribution in [-0.4, -0.2) is 12.0 Å². The van der Waals surface area contributed by atoms with Crippen molar-refractivity contribution in [3.63, 3.8) is 0 Å².